The van der Waals surface area contributed by atoms with Crippen LogP contribution in [0.4, 0.5) is 18.9 Å². The lowest BCUT2D eigenvalue weighted by Gasteiger charge is -2.39. The van der Waals surface area contributed by atoms with Gasteiger partial charge < -0.3 is 9.13 Å². The third kappa shape index (κ3) is 4.45. The number of rotatable bonds is 6. The van der Waals surface area contributed by atoms with Crippen LogP contribution < -0.4 is 0 Å². The summed E-state index contributed by atoms with van der Waals surface area (Å²) in [6.07, 6.45) is -5.06. The first-order valence-corrected chi connectivity index (χ1v) is 17.9. The average molecular weight is 726 g/mol. The number of aromatic nitrogens is 2. The summed E-state index contributed by atoms with van der Waals surface area (Å²) in [5.41, 5.74) is -0.553. The van der Waals surface area contributed by atoms with E-state index in [-0.39, 0.29) is 16.1 Å². The van der Waals surface area contributed by atoms with Crippen LogP contribution in [-0.2, 0) is 18.5 Å². The number of nitrogens with zero attached hydrogens (tertiary/aromatic N) is 3. The molecule has 0 amide bonds. The minimum absolute atomic E-state index is 0.0572. The molecule has 0 unspecified atom stereocenters. The Hall–Kier alpha value is -5.86. The maximum Gasteiger partial charge on any atom is 0.406 e. The van der Waals surface area contributed by atoms with Gasteiger partial charge >= 0.3 is 6.18 Å². The van der Waals surface area contributed by atoms with Gasteiger partial charge in [0, 0.05) is 79.2 Å². The second kappa shape index (κ2) is 11.8. The molecule has 9 rings (SSSR count). The average Bonchev–Trinajstić information content (AvgIpc) is 3.67. The van der Waals surface area contributed by atoms with Crippen molar-refractivity contribution in [2.45, 2.75) is 38.5 Å². The third-order valence-corrected chi connectivity index (χ3v) is 11.3. The van der Waals surface area contributed by atoms with Crippen LogP contribution in [0.25, 0.3) is 65.2 Å². The van der Waals surface area contributed by atoms with Crippen LogP contribution in [0.3, 0.4) is 0 Å². The van der Waals surface area contributed by atoms with Gasteiger partial charge in [0.25, 0.3) is 5.69 Å². The maximum absolute atomic E-state index is 17.3. The Labute approximate surface area is 306 Å². The van der Waals surface area contributed by atoms with Crippen molar-refractivity contribution in [3.05, 3.63) is 159 Å². The smallest absolute Gasteiger partial charge is 0.340 e. The van der Waals surface area contributed by atoms with Crippen molar-refractivity contribution in [3.63, 3.8) is 0 Å². The Morgan fingerprint density at radius 2 is 0.981 bits per heavy atom. The van der Waals surface area contributed by atoms with E-state index in [0.717, 1.165) is 45.0 Å². The van der Waals surface area contributed by atoms with Crippen molar-refractivity contribution < 1.29 is 18.1 Å². The van der Waals surface area contributed by atoms with E-state index >= 15 is 13.2 Å². The minimum atomic E-state index is -5.06. The van der Waals surface area contributed by atoms with E-state index in [2.05, 4.69) is 9.13 Å². The Kier molecular flexibility index (Phi) is 7.37. The number of nitro benzene ring substituents is 1. The monoisotopic (exact) mass is 725 g/mol. The summed E-state index contributed by atoms with van der Waals surface area (Å²) in [5.74, 6) is 0. The lowest BCUT2D eigenvalue weighted by atomic mass is 9.65. The zero-order chi connectivity index (χ0) is 36.8. The molecule has 0 saturated carbocycles. The van der Waals surface area contributed by atoms with Crippen molar-refractivity contribution >= 4 is 82.4 Å². The highest BCUT2D eigenvalue weighted by Gasteiger charge is 2.61. The standard InChI is InChI=1S/C44H31ClF3N3O2/c1-3-49-39-19-11-9-15-29(39)33-24-35(27-13-5-7-17-31(27)41(33)49)43(44(46,47)48,37-23-26(51(52)53)21-22-38(37)45)36-25-34-30-16-10-12-20-40(30)50(4-2)42(34)32-18-8-6-14-28(32)36/h5-25H,3-4H2,1-2H3. The van der Waals surface area contributed by atoms with Gasteiger partial charge in [-0.15, -0.1) is 0 Å². The molecule has 7 aromatic carbocycles. The van der Waals surface area contributed by atoms with Gasteiger partial charge in [-0.05, 0) is 66.1 Å². The SMILES string of the molecule is CCn1c2ccccc2c2cc(C(c3cc([N+](=O)[O-])ccc3Cl)(c3cc4c5ccccc5n(CC)c4c4ccccc34)C(F)(F)F)c3ccccc3c21. The molecule has 0 atom stereocenters. The number of alkyl halides is 3. The number of halogens is 4. The maximum atomic E-state index is 17.3. The van der Waals surface area contributed by atoms with E-state index in [4.69, 9.17) is 11.6 Å². The molecule has 0 aliphatic rings. The van der Waals surface area contributed by atoms with Crippen LogP contribution in [-0.4, -0.2) is 20.2 Å². The predicted octanol–water partition coefficient (Wildman–Crippen LogP) is 12.7. The number of hydrogen-bond donors (Lipinski definition) is 0. The van der Waals surface area contributed by atoms with Crippen LogP contribution in [0.1, 0.15) is 30.5 Å². The highest BCUT2D eigenvalue weighted by Crippen LogP contribution is 2.58. The molecule has 0 aliphatic heterocycles. The van der Waals surface area contributed by atoms with Crippen LogP contribution in [0.2, 0.25) is 5.02 Å². The highest BCUT2D eigenvalue weighted by atomic mass is 35.5. The van der Waals surface area contributed by atoms with Crippen molar-refractivity contribution in [3.8, 4) is 0 Å². The van der Waals surface area contributed by atoms with E-state index in [0.29, 0.717) is 45.4 Å². The summed E-state index contributed by atoms with van der Waals surface area (Å²) in [6.45, 7) is 5.23. The minimum Gasteiger partial charge on any atom is -0.340 e. The molecule has 0 N–H and O–H groups in total. The number of nitro groups is 1. The summed E-state index contributed by atoms with van der Waals surface area (Å²) >= 11 is 6.94. The fraction of sp³-hybridized carbons (Fsp3) is 0.136. The summed E-state index contributed by atoms with van der Waals surface area (Å²) in [5, 5.41) is 17.0. The van der Waals surface area contributed by atoms with Crippen molar-refractivity contribution in [1.29, 1.82) is 0 Å². The molecule has 0 saturated heterocycles. The normalized spacial score (nSPS) is 12.6. The van der Waals surface area contributed by atoms with Gasteiger partial charge in [0.1, 0.15) is 5.41 Å². The van der Waals surface area contributed by atoms with Gasteiger partial charge in [-0.1, -0.05) is 96.5 Å². The molecule has 2 aromatic heterocycles. The fourth-order valence-corrected chi connectivity index (χ4v) is 9.17. The van der Waals surface area contributed by atoms with E-state index in [1.165, 1.54) is 6.07 Å². The van der Waals surface area contributed by atoms with Crippen LogP contribution in [0.5, 0.6) is 0 Å². The van der Waals surface area contributed by atoms with E-state index in [1.54, 1.807) is 36.4 Å². The van der Waals surface area contributed by atoms with Gasteiger partial charge in [-0.2, -0.15) is 13.2 Å². The number of hydrogen-bond acceptors (Lipinski definition) is 2. The zero-order valence-electron chi connectivity index (χ0n) is 28.7. The highest BCUT2D eigenvalue weighted by molar-refractivity contribution is 6.32. The first-order valence-electron chi connectivity index (χ1n) is 17.5. The van der Waals surface area contributed by atoms with Crippen molar-refractivity contribution in [1.82, 2.24) is 9.13 Å². The van der Waals surface area contributed by atoms with Crippen molar-refractivity contribution in [2.24, 2.45) is 0 Å². The molecule has 0 spiro atoms. The number of non-ortho nitro benzene ring substituents is 1. The second-order valence-corrected chi connectivity index (χ2v) is 13.8. The van der Waals surface area contributed by atoms with Gasteiger partial charge in [-0.3, -0.25) is 10.1 Å². The molecule has 0 fully saturated rings. The molecular formula is C44H31ClF3N3O2. The molecular weight excluding hydrogens is 695 g/mol. The summed E-state index contributed by atoms with van der Waals surface area (Å²) in [6, 6.07) is 36.4. The molecule has 262 valence electrons. The Balaban J connectivity index is 1.60. The number of benzene rings is 7. The van der Waals surface area contributed by atoms with Crippen LogP contribution in [0.15, 0.2) is 127 Å². The lowest BCUT2D eigenvalue weighted by molar-refractivity contribution is -0.385. The zero-order valence-corrected chi connectivity index (χ0v) is 29.5. The topological polar surface area (TPSA) is 53.0 Å². The number of para-hydroxylation sites is 2. The van der Waals surface area contributed by atoms with E-state index in [1.807, 2.05) is 86.6 Å². The van der Waals surface area contributed by atoms with Crippen LogP contribution >= 0.6 is 11.6 Å². The fourth-order valence-electron chi connectivity index (χ4n) is 8.91. The summed E-state index contributed by atoms with van der Waals surface area (Å²) in [7, 11) is 0. The van der Waals surface area contributed by atoms with Gasteiger partial charge in [0.2, 0.25) is 0 Å². The van der Waals surface area contributed by atoms with Gasteiger partial charge in [-0.25, -0.2) is 0 Å². The third-order valence-electron chi connectivity index (χ3n) is 11.0. The van der Waals surface area contributed by atoms with Gasteiger partial charge in [0.15, 0.2) is 0 Å². The first kappa shape index (κ1) is 33.0. The Morgan fingerprint density at radius 1 is 0.566 bits per heavy atom. The molecule has 9 heteroatoms. The molecule has 9 aromatic rings. The van der Waals surface area contributed by atoms with Crippen molar-refractivity contribution in [2.75, 3.05) is 0 Å². The summed E-state index contributed by atoms with van der Waals surface area (Å²) < 4.78 is 56.3. The van der Waals surface area contributed by atoms with Gasteiger partial charge in [0.05, 0.1) is 16.0 Å². The molecule has 0 aliphatic carbocycles. The van der Waals surface area contributed by atoms with E-state index in [9.17, 15) is 10.1 Å². The molecule has 2 heterocycles. The molecule has 0 bridgehead atoms. The molecule has 53 heavy (non-hydrogen) atoms. The number of fused-ring (bicyclic) bond motifs is 10. The van der Waals surface area contributed by atoms with Crippen LogP contribution in [0, 0.1) is 10.1 Å². The Bertz CT molecular complexity index is 2820. The quantitative estimate of drug-likeness (QED) is 0.0973. The van der Waals surface area contributed by atoms with E-state index < -0.39 is 27.8 Å². The Morgan fingerprint density at radius 3 is 1.40 bits per heavy atom. The lowest BCUT2D eigenvalue weighted by Crippen LogP contribution is -2.45. The molecule has 0 radical (unpaired) electrons. The number of aryl methyl sites for hydroxylation is 2. The largest absolute Gasteiger partial charge is 0.406 e. The molecule has 5 nitrogen and oxygen atoms in total. The second-order valence-electron chi connectivity index (χ2n) is 13.4. The first-order chi connectivity index (χ1) is 25.6. The summed E-state index contributed by atoms with van der Waals surface area (Å²) in [4.78, 5) is 11.7. The predicted molar refractivity (Wildman–Crippen MR) is 209 cm³/mol.